The molecule has 23 heavy (non-hydrogen) atoms. The highest BCUT2D eigenvalue weighted by atomic mass is 127. The molecule has 0 aliphatic carbocycles. The van der Waals surface area contributed by atoms with E-state index in [1.165, 1.54) is 0 Å². The van der Waals surface area contributed by atoms with Crippen LogP contribution in [0.15, 0.2) is 24.3 Å². The summed E-state index contributed by atoms with van der Waals surface area (Å²) in [5.41, 5.74) is 0.729. The Labute approximate surface area is 150 Å². The third-order valence-electron chi connectivity index (χ3n) is 4.48. The molecular formula is C17H21IN2O3. The van der Waals surface area contributed by atoms with Crippen molar-refractivity contribution in [2.24, 2.45) is 5.92 Å². The first kappa shape index (κ1) is 16.7. The van der Waals surface area contributed by atoms with E-state index in [1.807, 2.05) is 34.1 Å². The zero-order chi connectivity index (χ0) is 16.2. The van der Waals surface area contributed by atoms with E-state index in [9.17, 15) is 9.59 Å². The van der Waals surface area contributed by atoms with Gasteiger partial charge in [0.15, 0.2) is 0 Å². The summed E-state index contributed by atoms with van der Waals surface area (Å²) in [6.45, 7) is 3.82. The lowest BCUT2D eigenvalue weighted by molar-refractivity contribution is -0.141. The van der Waals surface area contributed by atoms with Crippen LogP contribution in [0.5, 0.6) is 0 Å². The third kappa shape index (κ3) is 3.85. The Morgan fingerprint density at radius 2 is 1.83 bits per heavy atom. The molecule has 2 saturated heterocycles. The first-order valence-electron chi connectivity index (χ1n) is 8.07. The maximum Gasteiger partial charge on any atom is 0.254 e. The van der Waals surface area contributed by atoms with Crippen molar-refractivity contribution < 1.29 is 14.3 Å². The van der Waals surface area contributed by atoms with Gasteiger partial charge in [-0.25, -0.2) is 0 Å². The summed E-state index contributed by atoms with van der Waals surface area (Å²) in [7, 11) is 0. The van der Waals surface area contributed by atoms with Crippen LogP contribution in [-0.4, -0.2) is 61.0 Å². The minimum atomic E-state index is -0.0767. The standard InChI is InChI=1S/C17H21IN2O3/c18-15-6-2-1-5-14(15)17(22)20-7-3-4-13(12-20)16(21)19-8-10-23-11-9-19/h1-2,5-6,13H,3-4,7-12H2. The fraction of sp³-hybridized carbons (Fsp3) is 0.529. The Balaban J connectivity index is 1.67. The first-order chi connectivity index (χ1) is 11.2. The molecule has 3 rings (SSSR count). The van der Waals surface area contributed by atoms with E-state index >= 15 is 0 Å². The van der Waals surface area contributed by atoms with Gasteiger partial charge in [0.05, 0.1) is 24.7 Å². The zero-order valence-electron chi connectivity index (χ0n) is 13.0. The lowest BCUT2D eigenvalue weighted by atomic mass is 9.95. The number of halogens is 1. The fourth-order valence-electron chi connectivity index (χ4n) is 3.21. The molecule has 6 heteroatoms. The quantitative estimate of drug-likeness (QED) is 0.678. The van der Waals surface area contributed by atoms with Crippen LogP contribution in [0.2, 0.25) is 0 Å². The Hall–Kier alpha value is -1.15. The van der Waals surface area contributed by atoms with Crippen molar-refractivity contribution in [2.75, 3.05) is 39.4 Å². The Bertz CT molecular complexity index is 587. The molecule has 2 aliphatic heterocycles. The number of likely N-dealkylation sites (tertiary alicyclic amines) is 1. The van der Waals surface area contributed by atoms with Gasteiger partial charge >= 0.3 is 0 Å². The van der Waals surface area contributed by atoms with Crippen molar-refractivity contribution in [2.45, 2.75) is 12.8 Å². The summed E-state index contributed by atoms with van der Waals surface area (Å²) >= 11 is 2.19. The van der Waals surface area contributed by atoms with Crippen molar-refractivity contribution >= 4 is 34.4 Å². The molecule has 1 unspecified atom stereocenters. The largest absolute Gasteiger partial charge is 0.378 e. The molecule has 2 amide bonds. The molecule has 2 aliphatic rings. The van der Waals surface area contributed by atoms with Gasteiger partial charge in [-0.2, -0.15) is 0 Å². The van der Waals surface area contributed by atoms with E-state index in [4.69, 9.17) is 4.74 Å². The molecule has 0 aromatic heterocycles. The number of morpholine rings is 1. The number of hydrogen-bond donors (Lipinski definition) is 0. The van der Waals surface area contributed by atoms with E-state index in [0.717, 1.165) is 28.5 Å². The second kappa shape index (κ2) is 7.61. The van der Waals surface area contributed by atoms with Crippen molar-refractivity contribution in [1.82, 2.24) is 9.80 Å². The topological polar surface area (TPSA) is 49.9 Å². The number of piperidine rings is 1. The van der Waals surface area contributed by atoms with Crippen LogP contribution in [0.4, 0.5) is 0 Å². The van der Waals surface area contributed by atoms with Crippen LogP contribution in [0.3, 0.4) is 0 Å². The van der Waals surface area contributed by atoms with Gasteiger partial charge in [-0.1, -0.05) is 12.1 Å². The van der Waals surface area contributed by atoms with E-state index in [1.54, 1.807) is 0 Å². The molecular weight excluding hydrogens is 407 g/mol. The average Bonchev–Trinajstić information content (AvgIpc) is 2.62. The van der Waals surface area contributed by atoms with Crippen LogP contribution >= 0.6 is 22.6 Å². The van der Waals surface area contributed by atoms with Gasteiger partial charge in [0.2, 0.25) is 5.91 Å². The molecule has 0 spiro atoms. The molecule has 124 valence electrons. The van der Waals surface area contributed by atoms with Crippen LogP contribution in [-0.2, 0) is 9.53 Å². The lowest BCUT2D eigenvalue weighted by Crippen LogP contribution is -2.49. The molecule has 2 fully saturated rings. The fourth-order valence-corrected chi connectivity index (χ4v) is 3.83. The summed E-state index contributed by atoms with van der Waals surface area (Å²) in [6.07, 6.45) is 1.75. The van der Waals surface area contributed by atoms with Gasteiger partial charge in [0.25, 0.3) is 5.91 Å². The monoisotopic (exact) mass is 428 g/mol. The summed E-state index contributed by atoms with van der Waals surface area (Å²) in [4.78, 5) is 29.1. The van der Waals surface area contributed by atoms with E-state index in [0.29, 0.717) is 32.8 Å². The highest BCUT2D eigenvalue weighted by Gasteiger charge is 2.32. The van der Waals surface area contributed by atoms with Crippen LogP contribution in [0.25, 0.3) is 0 Å². The SMILES string of the molecule is O=C(c1ccccc1I)N1CCCC(C(=O)N2CCOCC2)C1. The predicted octanol–water partition coefficient (Wildman–Crippen LogP) is 2.00. The van der Waals surface area contributed by atoms with Gasteiger partial charge in [0, 0.05) is 29.7 Å². The predicted molar refractivity (Wildman–Crippen MR) is 95.2 cm³/mol. The highest BCUT2D eigenvalue weighted by molar-refractivity contribution is 14.1. The molecule has 5 nitrogen and oxygen atoms in total. The smallest absolute Gasteiger partial charge is 0.254 e. The van der Waals surface area contributed by atoms with Gasteiger partial charge in [0.1, 0.15) is 0 Å². The van der Waals surface area contributed by atoms with Crippen LogP contribution < -0.4 is 0 Å². The van der Waals surface area contributed by atoms with Crippen LogP contribution in [0, 0.1) is 9.49 Å². The molecule has 1 aromatic carbocycles. The summed E-state index contributed by atoms with van der Waals surface area (Å²) in [5.74, 6) is 0.134. The van der Waals surface area contributed by atoms with Gasteiger partial charge < -0.3 is 14.5 Å². The summed E-state index contributed by atoms with van der Waals surface area (Å²) in [5, 5.41) is 0. The van der Waals surface area contributed by atoms with Crippen LogP contribution in [0.1, 0.15) is 23.2 Å². The van der Waals surface area contributed by atoms with E-state index in [2.05, 4.69) is 22.6 Å². The number of carbonyl (C=O) groups is 2. The van der Waals surface area contributed by atoms with Crippen molar-refractivity contribution in [3.8, 4) is 0 Å². The Kier molecular flexibility index (Phi) is 5.53. The van der Waals surface area contributed by atoms with Crippen molar-refractivity contribution in [1.29, 1.82) is 0 Å². The van der Waals surface area contributed by atoms with Gasteiger partial charge in [-0.05, 0) is 47.6 Å². The van der Waals surface area contributed by atoms with E-state index < -0.39 is 0 Å². The molecule has 0 N–H and O–H groups in total. The normalized spacial score (nSPS) is 22.0. The summed E-state index contributed by atoms with van der Waals surface area (Å²) in [6, 6.07) is 7.61. The molecule has 0 bridgehead atoms. The Morgan fingerprint density at radius 3 is 2.57 bits per heavy atom. The first-order valence-corrected chi connectivity index (χ1v) is 9.15. The number of amides is 2. The van der Waals surface area contributed by atoms with E-state index in [-0.39, 0.29) is 17.7 Å². The number of nitrogens with zero attached hydrogens (tertiary/aromatic N) is 2. The van der Waals surface area contributed by atoms with Gasteiger partial charge in [-0.15, -0.1) is 0 Å². The number of hydrogen-bond acceptors (Lipinski definition) is 3. The van der Waals surface area contributed by atoms with Crippen molar-refractivity contribution in [3.05, 3.63) is 33.4 Å². The molecule has 0 saturated carbocycles. The molecule has 0 radical (unpaired) electrons. The zero-order valence-corrected chi connectivity index (χ0v) is 15.2. The number of ether oxygens (including phenoxy) is 1. The highest BCUT2D eigenvalue weighted by Crippen LogP contribution is 2.22. The number of rotatable bonds is 2. The maximum absolute atomic E-state index is 12.7. The third-order valence-corrected chi connectivity index (χ3v) is 5.43. The van der Waals surface area contributed by atoms with Crippen molar-refractivity contribution in [3.63, 3.8) is 0 Å². The number of carbonyl (C=O) groups excluding carboxylic acids is 2. The average molecular weight is 428 g/mol. The lowest BCUT2D eigenvalue weighted by Gasteiger charge is -2.36. The molecule has 2 heterocycles. The summed E-state index contributed by atoms with van der Waals surface area (Å²) < 4.78 is 6.26. The Morgan fingerprint density at radius 1 is 1.09 bits per heavy atom. The second-order valence-corrected chi connectivity index (χ2v) is 7.17. The maximum atomic E-state index is 12.7. The minimum Gasteiger partial charge on any atom is -0.378 e. The molecule has 1 atom stereocenters. The second-order valence-electron chi connectivity index (χ2n) is 6.01. The van der Waals surface area contributed by atoms with Gasteiger partial charge in [-0.3, -0.25) is 9.59 Å². The number of benzene rings is 1. The minimum absolute atomic E-state index is 0.0366. The molecule has 1 aromatic rings.